The van der Waals surface area contributed by atoms with Gasteiger partial charge in [0.2, 0.25) is 0 Å². The number of rotatable bonds is 11. The van der Waals surface area contributed by atoms with Gasteiger partial charge >= 0.3 is 12.1 Å². The van der Waals surface area contributed by atoms with Crippen LogP contribution in [0.15, 0.2) is 36.4 Å². The molecule has 0 heterocycles. The van der Waals surface area contributed by atoms with Gasteiger partial charge in [-0.25, -0.2) is 0 Å². The van der Waals surface area contributed by atoms with Gasteiger partial charge in [-0.15, -0.1) is 0 Å². The molecule has 0 aromatic heterocycles. The summed E-state index contributed by atoms with van der Waals surface area (Å²) in [5.74, 6) is -0.435. The average Bonchev–Trinajstić information content (AvgIpc) is 2.62. The normalized spacial score (nSPS) is 14.1. The van der Waals surface area contributed by atoms with E-state index in [1.165, 1.54) is 12.1 Å². The van der Waals surface area contributed by atoms with Crippen LogP contribution >= 0.6 is 0 Å². The van der Waals surface area contributed by atoms with Crippen LogP contribution in [0.25, 0.3) is 0 Å². The van der Waals surface area contributed by atoms with Crippen LogP contribution in [0.4, 0.5) is 13.2 Å². The maximum atomic E-state index is 12.1. The van der Waals surface area contributed by atoms with Crippen molar-refractivity contribution in [3.63, 3.8) is 0 Å². The monoisotopic (exact) mass is 389 g/mol. The first kappa shape index (κ1) is 23.0. The van der Waals surface area contributed by atoms with Crippen molar-refractivity contribution in [1.82, 2.24) is 0 Å². The van der Waals surface area contributed by atoms with Crippen LogP contribution in [0.3, 0.4) is 0 Å². The number of carbonyl (C=O) groups excluding carboxylic acids is 1. The summed E-state index contributed by atoms with van der Waals surface area (Å²) in [6.45, 7) is 0.582. The highest BCUT2D eigenvalue weighted by molar-refractivity contribution is 5.76. The number of aliphatic hydroxyl groups is 1. The number of hydrogen-bond donors (Lipinski definition) is 2. The summed E-state index contributed by atoms with van der Waals surface area (Å²) in [4.78, 5) is 11.4. The summed E-state index contributed by atoms with van der Waals surface area (Å²) in [6.07, 6.45) is 0.901. The molecule has 1 aromatic rings. The standard InChI is InChI=1S/C19H26F3NO4/c1-2-26-18(25)17(23)16(24)8-6-4-3-5-7-14-9-11-15(12-10-14)27-13-19(20,21)22/h3-4,9-12,16-17,24H,2,5-8,13,23H2,1H3. The number of aliphatic hydroxyl groups excluding tert-OH is 1. The highest BCUT2D eigenvalue weighted by atomic mass is 19.4. The fourth-order valence-electron chi connectivity index (χ4n) is 2.25. The lowest BCUT2D eigenvalue weighted by molar-refractivity contribution is -0.153. The number of ether oxygens (including phenoxy) is 2. The summed E-state index contributed by atoms with van der Waals surface area (Å²) < 4.78 is 45.6. The molecule has 0 bridgehead atoms. The molecule has 0 amide bonds. The summed E-state index contributed by atoms with van der Waals surface area (Å²) in [7, 11) is 0. The van der Waals surface area contributed by atoms with E-state index in [2.05, 4.69) is 4.74 Å². The van der Waals surface area contributed by atoms with E-state index >= 15 is 0 Å². The number of benzene rings is 1. The Morgan fingerprint density at radius 3 is 2.44 bits per heavy atom. The molecule has 8 heteroatoms. The molecule has 2 atom stereocenters. The SMILES string of the molecule is CCOC(=O)C(N)C(O)CCC=CCCc1ccc(OCC(F)(F)F)cc1. The van der Waals surface area contributed by atoms with Gasteiger partial charge in [-0.1, -0.05) is 24.3 Å². The molecule has 5 nitrogen and oxygen atoms in total. The number of hydrogen-bond acceptors (Lipinski definition) is 5. The predicted molar refractivity (Wildman–Crippen MR) is 95.3 cm³/mol. The maximum absolute atomic E-state index is 12.1. The number of carbonyl (C=O) groups is 1. The Hall–Kier alpha value is -2.06. The van der Waals surface area contributed by atoms with Crippen LogP contribution in [0.5, 0.6) is 5.75 Å². The summed E-state index contributed by atoms with van der Waals surface area (Å²) >= 11 is 0. The molecular weight excluding hydrogens is 363 g/mol. The minimum absolute atomic E-state index is 0.179. The highest BCUT2D eigenvalue weighted by Crippen LogP contribution is 2.19. The molecule has 0 fully saturated rings. The molecule has 0 radical (unpaired) electrons. The van der Waals surface area contributed by atoms with Gasteiger partial charge in [0, 0.05) is 0 Å². The summed E-state index contributed by atoms with van der Waals surface area (Å²) in [6, 6.07) is 5.43. The van der Waals surface area contributed by atoms with Gasteiger partial charge in [0.05, 0.1) is 12.7 Å². The second kappa shape index (κ2) is 11.6. The summed E-state index contributed by atoms with van der Waals surface area (Å²) in [5, 5.41) is 9.83. The minimum atomic E-state index is -4.35. The molecule has 27 heavy (non-hydrogen) atoms. The second-order valence-electron chi connectivity index (χ2n) is 5.98. The van der Waals surface area contributed by atoms with E-state index in [-0.39, 0.29) is 12.4 Å². The first-order valence-electron chi connectivity index (χ1n) is 8.76. The van der Waals surface area contributed by atoms with Crippen LogP contribution in [0.2, 0.25) is 0 Å². The third kappa shape index (κ3) is 10.0. The molecule has 152 valence electrons. The van der Waals surface area contributed by atoms with Crippen LogP contribution < -0.4 is 10.5 Å². The van der Waals surface area contributed by atoms with Crippen LogP contribution in [0, 0.1) is 0 Å². The van der Waals surface area contributed by atoms with Gasteiger partial charge in [0.1, 0.15) is 11.8 Å². The molecule has 1 rings (SSSR count). The number of halogens is 3. The minimum Gasteiger partial charge on any atom is -0.484 e. The molecule has 3 N–H and O–H groups in total. The van der Waals surface area contributed by atoms with E-state index in [0.717, 1.165) is 18.4 Å². The smallest absolute Gasteiger partial charge is 0.422 e. The van der Waals surface area contributed by atoms with Gasteiger partial charge in [0.25, 0.3) is 0 Å². The van der Waals surface area contributed by atoms with E-state index < -0.39 is 30.9 Å². The molecule has 2 unspecified atom stereocenters. The van der Waals surface area contributed by atoms with E-state index in [1.807, 2.05) is 12.2 Å². The number of allylic oxidation sites excluding steroid dienone is 2. The number of esters is 1. The van der Waals surface area contributed by atoms with Gasteiger partial charge in [-0.05, 0) is 50.3 Å². The molecule has 0 spiro atoms. The van der Waals surface area contributed by atoms with E-state index in [4.69, 9.17) is 10.5 Å². The number of alkyl halides is 3. The Kier molecular flexibility index (Phi) is 9.88. The maximum Gasteiger partial charge on any atom is 0.422 e. The zero-order valence-electron chi connectivity index (χ0n) is 15.2. The first-order valence-corrected chi connectivity index (χ1v) is 8.76. The quantitative estimate of drug-likeness (QED) is 0.449. The lowest BCUT2D eigenvalue weighted by Gasteiger charge is -2.16. The van der Waals surface area contributed by atoms with Crippen LogP contribution in [-0.2, 0) is 16.0 Å². The Morgan fingerprint density at radius 1 is 1.22 bits per heavy atom. The molecule has 0 aliphatic rings. The number of nitrogens with two attached hydrogens (primary N) is 1. The average molecular weight is 389 g/mol. The molecule has 0 saturated heterocycles. The van der Waals surface area contributed by atoms with Crippen molar-refractivity contribution in [3.05, 3.63) is 42.0 Å². The third-order valence-electron chi connectivity index (χ3n) is 3.69. The lowest BCUT2D eigenvalue weighted by atomic mass is 10.1. The zero-order valence-corrected chi connectivity index (χ0v) is 15.2. The fourth-order valence-corrected chi connectivity index (χ4v) is 2.25. The van der Waals surface area contributed by atoms with Crippen LogP contribution in [-0.4, -0.2) is 42.6 Å². The van der Waals surface area contributed by atoms with Crippen molar-refractivity contribution < 1.29 is 32.5 Å². The molecule has 0 aliphatic heterocycles. The second-order valence-corrected chi connectivity index (χ2v) is 5.98. The largest absolute Gasteiger partial charge is 0.484 e. The van der Waals surface area contributed by atoms with Crippen LogP contribution in [0.1, 0.15) is 31.7 Å². The highest BCUT2D eigenvalue weighted by Gasteiger charge is 2.28. The van der Waals surface area contributed by atoms with E-state index in [0.29, 0.717) is 12.8 Å². The van der Waals surface area contributed by atoms with Crippen molar-refractivity contribution in [1.29, 1.82) is 0 Å². The zero-order chi connectivity index (χ0) is 20.3. The Balaban J connectivity index is 2.26. The van der Waals surface area contributed by atoms with Crippen molar-refractivity contribution in [2.24, 2.45) is 5.73 Å². The molecule has 0 saturated carbocycles. The van der Waals surface area contributed by atoms with Gasteiger partial charge in [-0.3, -0.25) is 4.79 Å². The van der Waals surface area contributed by atoms with Crippen molar-refractivity contribution in [3.8, 4) is 5.75 Å². The van der Waals surface area contributed by atoms with E-state index in [1.54, 1.807) is 19.1 Å². The third-order valence-corrected chi connectivity index (χ3v) is 3.69. The van der Waals surface area contributed by atoms with E-state index in [9.17, 15) is 23.1 Å². The number of aryl methyl sites for hydroxylation is 1. The lowest BCUT2D eigenvalue weighted by Crippen LogP contribution is -2.42. The Labute approximate surface area is 157 Å². The topological polar surface area (TPSA) is 81.8 Å². The molecular formula is C19H26F3NO4. The fraction of sp³-hybridized carbons (Fsp3) is 0.526. The molecule has 1 aromatic carbocycles. The summed E-state index contributed by atoms with van der Waals surface area (Å²) in [5.41, 5.74) is 6.58. The van der Waals surface area contributed by atoms with Crippen molar-refractivity contribution >= 4 is 5.97 Å². The van der Waals surface area contributed by atoms with Crippen molar-refractivity contribution in [2.75, 3.05) is 13.2 Å². The predicted octanol–water partition coefficient (Wildman–Crippen LogP) is 3.15. The Morgan fingerprint density at radius 2 is 1.85 bits per heavy atom. The van der Waals surface area contributed by atoms with Crippen molar-refractivity contribution in [2.45, 2.75) is 50.9 Å². The van der Waals surface area contributed by atoms with Gasteiger partial charge < -0.3 is 20.3 Å². The van der Waals surface area contributed by atoms with Gasteiger partial charge in [0.15, 0.2) is 6.61 Å². The Bertz CT molecular complexity index is 588. The molecule has 0 aliphatic carbocycles. The first-order chi connectivity index (χ1) is 12.7. The van der Waals surface area contributed by atoms with Gasteiger partial charge in [-0.2, -0.15) is 13.2 Å².